The summed E-state index contributed by atoms with van der Waals surface area (Å²) in [5.74, 6) is 0.104. The maximum absolute atomic E-state index is 13.8. The molecule has 3 aliphatic rings. The standard InChI is InChI=1S/C36H33F9N2O/c1-2-24-21-47(20-23-15-27(35(40,41)42)18-28(16-23)36(43,44)45)13-11-25(24)17-32(47)33(48)30-10-12-46(31-9-4-3-8-29(30)31)19-22-6-5-7-26(14-22)34(37,38)39/h2-10,12,14-16,18,24-25,32-33,48H,1,11,13,17,19-21H2/q+2. The molecule has 0 radical (unpaired) electrons. The molecule has 0 saturated carbocycles. The number of para-hydroxylation sites is 1. The Hall–Kier alpha value is -3.90. The monoisotopic (exact) mass is 680 g/mol. The number of hydrogen-bond donors (Lipinski definition) is 1. The van der Waals surface area contributed by atoms with Crippen LogP contribution in [-0.2, 0) is 31.6 Å². The van der Waals surface area contributed by atoms with Crippen LogP contribution in [0.1, 0.15) is 52.3 Å². The van der Waals surface area contributed by atoms with Crippen molar-refractivity contribution < 1.29 is 53.7 Å². The Labute approximate surface area is 271 Å². The van der Waals surface area contributed by atoms with Crippen molar-refractivity contribution in [2.75, 3.05) is 13.1 Å². The highest BCUT2D eigenvalue weighted by atomic mass is 19.4. The predicted octanol–water partition coefficient (Wildman–Crippen LogP) is 8.88. The smallest absolute Gasteiger partial charge is 0.382 e. The summed E-state index contributed by atoms with van der Waals surface area (Å²) in [7, 11) is 0. The van der Waals surface area contributed by atoms with Gasteiger partial charge in [-0.3, -0.25) is 0 Å². The largest absolute Gasteiger partial charge is 0.416 e. The summed E-state index contributed by atoms with van der Waals surface area (Å²) in [6.07, 6.45) is -11.0. The highest BCUT2D eigenvalue weighted by Gasteiger charge is 2.54. The number of benzene rings is 3. The third kappa shape index (κ3) is 6.56. The summed E-state index contributed by atoms with van der Waals surface area (Å²) in [4.78, 5) is 0. The van der Waals surface area contributed by atoms with E-state index in [1.165, 1.54) is 6.07 Å². The number of quaternary nitrogens is 1. The number of halogens is 9. The van der Waals surface area contributed by atoms with Gasteiger partial charge in [0.2, 0.25) is 5.52 Å². The van der Waals surface area contributed by atoms with Gasteiger partial charge in [-0.15, -0.1) is 6.58 Å². The molecule has 5 unspecified atom stereocenters. The van der Waals surface area contributed by atoms with Gasteiger partial charge in [-0.05, 0) is 42.3 Å². The normalized spacial score (nSPS) is 23.8. The zero-order valence-electron chi connectivity index (χ0n) is 25.6. The first-order valence-corrected chi connectivity index (χ1v) is 15.5. The molecular weight excluding hydrogens is 647 g/mol. The van der Waals surface area contributed by atoms with Crippen molar-refractivity contribution in [2.24, 2.45) is 11.8 Å². The molecule has 3 saturated heterocycles. The lowest BCUT2D eigenvalue weighted by Gasteiger charge is -2.58. The summed E-state index contributed by atoms with van der Waals surface area (Å²) >= 11 is 0. The molecule has 1 N–H and O–H groups in total. The molecule has 3 nitrogen and oxygen atoms in total. The van der Waals surface area contributed by atoms with Gasteiger partial charge in [0.15, 0.2) is 12.7 Å². The molecule has 4 heterocycles. The molecule has 2 bridgehead atoms. The van der Waals surface area contributed by atoms with E-state index in [1.54, 1.807) is 53.2 Å². The lowest BCUT2D eigenvalue weighted by Crippen LogP contribution is -2.67. The van der Waals surface area contributed by atoms with Crippen LogP contribution in [0, 0.1) is 11.8 Å². The highest BCUT2D eigenvalue weighted by Crippen LogP contribution is 2.48. The van der Waals surface area contributed by atoms with E-state index in [4.69, 9.17) is 0 Å². The minimum atomic E-state index is -4.99. The van der Waals surface area contributed by atoms with Crippen molar-refractivity contribution >= 4 is 10.9 Å². The van der Waals surface area contributed by atoms with Gasteiger partial charge in [0.25, 0.3) is 0 Å². The second-order valence-corrected chi connectivity index (χ2v) is 13.0. The molecule has 5 atom stereocenters. The fourth-order valence-corrected chi connectivity index (χ4v) is 7.81. The van der Waals surface area contributed by atoms with Crippen LogP contribution in [0.2, 0.25) is 0 Å². The van der Waals surface area contributed by atoms with Crippen molar-refractivity contribution in [3.8, 4) is 0 Å². The van der Waals surface area contributed by atoms with Crippen LogP contribution >= 0.6 is 0 Å². The number of aliphatic hydroxyl groups is 1. The third-order valence-corrected chi connectivity index (χ3v) is 10.1. The number of alkyl halides is 9. The number of aromatic nitrogens is 1. The van der Waals surface area contributed by atoms with Crippen molar-refractivity contribution in [1.29, 1.82) is 0 Å². The van der Waals surface area contributed by atoms with Crippen LogP contribution in [0.25, 0.3) is 10.9 Å². The number of piperidine rings is 3. The molecule has 254 valence electrons. The van der Waals surface area contributed by atoms with E-state index in [9.17, 15) is 44.6 Å². The van der Waals surface area contributed by atoms with E-state index in [0.29, 0.717) is 48.0 Å². The van der Waals surface area contributed by atoms with Crippen LogP contribution in [0.15, 0.2) is 91.6 Å². The Kier molecular flexibility index (Phi) is 8.64. The number of nitrogens with zero attached hydrogens (tertiary/aromatic N) is 2. The Morgan fingerprint density at radius 1 is 0.812 bits per heavy atom. The molecule has 0 spiro atoms. The summed E-state index contributed by atoms with van der Waals surface area (Å²) in [6.45, 7) is 4.75. The highest BCUT2D eigenvalue weighted by molar-refractivity contribution is 5.79. The topological polar surface area (TPSA) is 24.1 Å². The van der Waals surface area contributed by atoms with Gasteiger partial charge in [-0.2, -0.15) is 44.1 Å². The van der Waals surface area contributed by atoms with E-state index in [-0.39, 0.29) is 41.0 Å². The Morgan fingerprint density at radius 3 is 2.10 bits per heavy atom. The molecule has 3 fully saturated rings. The van der Waals surface area contributed by atoms with Gasteiger partial charge in [-0.25, -0.2) is 0 Å². The van der Waals surface area contributed by atoms with Gasteiger partial charge in [-0.1, -0.05) is 30.3 Å². The maximum Gasteiger partial charge on any atom is 0.416 e. The molecule has 3 aliphatic heterocycles. The lowest BCUT2D eigenvalue weighted by atomic mass is 9.71. The fourth-order valence-electron chi connectivity index (χ4n) is 7.81. The summed E-state index contributed by atoms with van der Waals surface area (Å²) in [5.41, 5.74) is -2.06. The fraction of sp³-hybridized carbons (Fsp3) is 0.361. The molecule has 0 amide bonds. The zero-order chi connectivity index (χ0) is 34.6. The minimum Gasteiger partial charge on any atom is -0.382 e. The molecule has 48 heavy (non-hydrogen) atoms. The predicted molar refractivity (Wildman–Crippen MR) is 160 cm³/mol. The van der Waals surface area contributed by atoms with E-state index >= 15 is 0 Å². The van der Waals surface area contributed by atoms with Gasteiger partial charge in [0, 0.05) is 47.6 Å². The SMILES string of the molecule is C=CC1C[N+]2(Cc3cc(C(F)(F)F)cc(C(F)(F)F)c3)CCC1CC2C(O)c1cc[n+](Cc2cccc(C(F)(F)F)c2)c2ccccc12. The number of rotatable bonds is 7. The summed E-state index contributed by atoms with van der Waals surface area (Å²) < 4.78 is 124. The van der Waals surface area contributed by atoms with Crippen molar-refractivity contribution in [1.82, 2.24) is 0 Å². The molecule has 0 aliphatic carbocycles. The van der Waals surface area contributed by atoms with E-state index in [2.05, 4.69) is 6.58 Å². The second-order valence-electron chi connectivity index (χ2n) is 13.0. The van der Waals surface area contributed by atoms with Crippen LogP contribution < -0.4 is 4.57 Å². The van der Waals surface area contributed by atoms with Gasteiger partial charge in [0.1, 0.15) is 18.7 Å². The average molecular weight is 681 g/mol. The number of pyridine rings is 1. The number of aliphatic hydroxyl groups excluding tert-OH is 1. The first-order valence-electron chi connectivity index (χ1n) is 15.5. The molecule has 7 rings (SSSR count). The molecule has 1 aromatic heterocycles. The summed E-state index contributed by atoms with van der Waals surface area (Å²) in [6, 6.07) is 14.9. The number of fused-ring (bicyclic) bond motifs is 4. The third-order valence-electron chi connectivity index (χ3n) is 10.1. The molecule has 12 heteroatoms. The first kappa shape index (κ1) is 34.0. The van der Waals surface area contributed by atoms with E-state index in [0.717, 1.165) is 24.3 Å². The van der Waals surface area contributed by atoms with Gasteiger partial charge < -0.3 is 9.59 Å². The Bertz CT molecular complexity index is 1800. The molecular formula is C36H33F9N2O+2. The van der Waals surface area contributed by atoms with Crippen LogP contribution in [0.5, 0.6) is 0 Å². The van der Waals surface area contributed by atoms with E-state index < -0.39 is 47.4 Å². The quantitative estimate of drug-likeness (QED) is 0.0897. The van der Waals surface area contributed by atoms with Gasteiger partial charge >= 0.3 is 18.5 Å². The van der Waals surface area contributed by atoms with Crippen molar-refractivity contribution in [3.63, 3.8) is 0 Å². The van der Waals surface area contributed by atoms with Gasteiger partial charge in [0.05, 0.1) is 35.2 Å². The Balaban J connectivity index is 1.39. The summed E-state index contributed by atoms with van der Waals surface area (Å²) in [5, 5.41) is 12.7. The second kappa shape index (κ2) is 12.2. The number of hydrogen-bond acceptors (Lipinski definition) is 1. The lowest BCUT2D eigenvalue weighted by molar-refractivity contribution is -0.985. The van der Waals surface area contributed by atoms with Crippen molar-refractivity contribution in [2.45, 2.75) is 56.6 Å². The minimum absolute atomic E-state index is 0.0303. The maximum atomic E-state index is 13.8. The first-order chi connectivity index (χ1) is 22.5. The Morgan fingerprint density at radius 2 is 1.46 bits per heavy atom. The van der Waals surface area contributed by atoms with Crippen LogP contribution in [0.4, 0.5) is 39.5 Å². The molecule has 3 aromatic carbocycles. The average Bonchev–Trinajstić information content (AvgIpc) is 3.03. The van der Waals surface area contributed by atoms with E-state index in [1.807, 2.05) is 0 Å². The molecule has 4 aromatic rings. The zero-order valence-corrected chi connectivity index (χ0v) is 25.6. The van der Waals surface area contributed by atoms with Crippen LogP contribution in [0.3, 0.4) is 0 Å². The van der Waals surface area contributed by atoms with Crippen LogP contribution in [-0.4, -0.2) is 28.7 Å². The van der Waals surface area contributed by atoms with Crippen molar-refractivity contribution in [3.05, 3.63) is 125 Å².